The first-order chi connectivity index (χ1) is 9.15. The lowest BCUT2D eigenvalue weighted by Gasteiger charge is -2.19. The molecule has 2 aromatic heterocycles. The van der Waals surface area contributed by atoms with E-state index in [0.717, 1.165) is 27.0 Å². The fraction of sp³-hybridized carbons (Fsp3) is 0.143. The lowest BCUT2D eigenvalue weighted by atomic mass is 10.2. The molecule has 1 N–H and O–H groups in total. The van der Waals surface area contributed by atoms with Gasteiger partial charge in [-0.1, -0.05) is 0 Å². The minimum Gasteiger partial charge on any atom is -0.345 e. The number of H-pyrrole nitrogens is 1. The fourth-order valence-corrected chi connectivity index (χ4v) is 2.19. The number of anilines is 2. The van der Waals surface area contributed by atoms with Crippen molar-refractivity contribution in [3.8, 4) is 0 Å². The molecule has 0 atom stereocenters. The van der Waals surface area contributed by atoms with Gasteiger partial charge in [-0.25, -0.2) is 9.97 Å². The molecule has 2 heterocycles. The molecule has 96 valence electrons. The molecule has 3 rings (SSSR count). The molecule has 0 aliphatic rings. The van der Waals surface area contributed by atoms with Gasteiger partial charge in [0.05, 0.1) is 17.4 Å². The van der Waals surface area contributed by atoms with Gasteiger partial charge in [-0.15, -0.1) is 0 Å². The van der Waals surface area contributed by atoms with Crippen molar-refractivity contribution in [2.75, 3.05) is 11.9 Å². The maximum atomic E-state index is 4.44. The first-order valence-electron chi connectivity index (χ1n) is 5.94. The van der Waals surface area contributed by atoms with Crippen molar-refractivity contribution in [3.05, 3.63) is 46.8 Å². The van der Waals surface area contributed by atoms with Gasteiger partial charge in [-0.05, 0) is 52.7 Å². The van der Waals surface area contributed by atoms with Gasteiger partial charge < -0.3 is 9.88 Å². The predicted octanol–water partition coefficient (Wildman–Crippen LogP) is 3.80. The highest BCUT2D eigenvalue weighted by Crippen LogP contribution is 2.26. The first kappa shape index (κ1) is 12.2. The van der Waals surface area contributed by atoms with Crippen molar-refractivity contribution in [2.24, 2.45) is 0 Å². The zero-order chi connectivity index (χ0) is 13.4. The summed E-state index contributed by atoms with van der Waals surface area (Å²) < 4.78 is 1.02. The van der Waals surface area contributed by atoms with E-state index in [9.17, 15) is 0 Å². The van der Waals surface area contributed by atoms with Crippen LogP contribution in [0.5, 0.6) is 0 Å². The number of aryl methyl sites for hydroxylation is 1. The molecule has 0 bridgehead atoms. The number of pyridine rings is 1. The third-order valence-electron chi connectivity index (χ3n) is 3.17. The van der Waals surface area contributed by atoms with E-state index < -0.39 is 0 Å². The highest BCUT2D eigenvalue weighted by atomic mass is 79.9. The highest BCUT2D eigenvalue weighted by Gasteiger charge is 2.08. The van der Waals surface area contributed by atoms with Crippen LogP contribution in [0.15, 0.2) is 41.3 Å². The molecule has 1 aromatic carbocycles. The number of benzene rings is 1. The molecule has 0 aliphatic heterocycles. The first-order valence-corrected chi connectivity index (χ1v) is 6.73. The summed E-state index contributed by atoms with van der Waals surface area (Å²) in [7, 11) is 2.01. The Morgan fingerprint density at radius 2 is 2.05 bits per heavy atom. The topological polar surface area (TPSA) is 44.8 Å². The third kappa shape index (κ3) is 2.21. The van der Waals surface area contributed by atoms with Gasteiger partial charge in [0, 0.05) is 23.4 Å². The second-order valence-corrected chi connectivity index (χ2v) is 5.31. The minimum atomic E-state index is 0.916. The summed E-state index contributed by atoms with van der Waals surface area (Å²) in [5.41, 5.74) is 4.24. The van der Waals surface area contributed by atoms with Gasteiger partial charge in [0.15, 0.2) is 0 Å². The average Bonchev–Trinajstić information content (AvgIpc) is 2.88. The Labute approximate surface area is 119 Å². The summed E-state index contributed by atoms with van der Waals surface area (Å²) in [6.45, 7) is 2.06. The van der Waals surface area contributed by atoms with Crippen molar-refractivity contribution in [1.82, 2.24) is 15.0 Å². The lowest BCUT2D eigenvalue weighted by molar-refractivity contribution is 1.11. The number of aromatic amines is 1. The SMILES string of the molecule is Cc1cc(N(C)c2ccc3nc[nH]c3c2)ncc1Br. The fourth-order valence-electron chi connectivity index (χ4n) is 1.97. The van der Waals surface area contributed by atoms with Gasteiger partial charge in [-0.3, -0.25) is 0 Å². The summed E-state index contributed by atoms with van der Waals surface area (Å²) in [6.07, 6.45) is 3.53. The summed E-state index contributed by atoms with van der Waals surface area (Å²) in [5, 5.41) is 0. The third-order valence-corrected chi connectivity index (χ3v) is 4.00. The summed E-state index contributed by atoms with van der Waals surface area (Å²) in [6, 6.07) is 8.17. The number of halogens is 1. The average molecular weight is 317 g/mol. The van der Waals surface area contributed by atoms with Crippen molar-refractivity contribution in [2.45, 2.75) is 6.92 Å². The molecule has 4 nitrogen and oxygen atoms in total. The van der Waals surface area contributed by atoms with Gasteiger partial charge >= 0.3 is 0 Å². The number of rotatable bonds is 2. The maximum Gasteiger partial charge on any atom is 0.132 e. The van der Waals surface area contributed by atoms with Crippen LogP contribution in [0, 0.1) is 6.92 Å². The molecule has 19 heavy (non-hydrogen) atoms. The molecule has 0 saturated heterocycles. The minimum absolute atomic E-state index is 0.916. The Bertz CT molecular complexity index is 735. The van der Waals surface area contributed by atoms with Gasteiger partial charge in [0.1, 0.15) is 5.82 Å². The Morgan fingerprint density at radius 3 is 2.84 bits per heavy atom. The van der Waals surface area contributed by atoms with Crippen molar-refractivity contribution in [1.29, 1.82) is 0 Å². The van der Waals surface area contributed by atoms with Crippen LogP contribution < -0.4 is 4.90 Å². The number of imidazole rings is 1. The predicted molar refractivity (Wildman–Crippen MR) is 80.8 cm³/mol. The molecule has 0 unspecified atom stereocenters. The van der Waals surface area contributed by atoms with Gasteiger partial charge in [0.2, 0.25) is 0 Å². The molecule has 0 spiro atoms. The highest BCUT2D eigenvalue weighted by molar-refractivity contribution is 9.10. The van der Waals surface area contributed by atoms with Crippen LogP contribution in [-0.2, 0) is 0 Å². The van der Waals surface area contributed by atoms with Gasteiger partial charge in [-0.2, -0.15) is 0 Å². The van der Waals surface area contributed by atoms with E-state index in [1.807, 2.05) is 25.4 Å². The Morgan fingerprint density at radius 1 is 1.21 bits per heavy atom. The molecule has 0 saturated carbocycles. The van der Waals surface area contributed by atoms with Crippen LogP contribution in [0.1, 0.15) is 5.56 Å². The van der Waals surface area contributed by atoms with E-state index >= 15 is 0 Å². The smallest absolute Gasteiger partial charge is 0.132 e. The van der Waals surface area contributed by atoms with Crippen LogP contribution in [0.2, 0.25) is 0 Å². The van der Waals surface area contributed by atoms with Crippen LogP contribution >= 0.6 is 15.9 Å². The molecule has 3 aromatic rings. The Hall–Kier alpha value is -1.88. The Kier molecular flexibility index (Phi) is 2.98. The molecule has 0 amide bonds. The number of hydrogen-bond donors (Lipinski definition) is 1. The molecule has 0 aliphatic carbocycles. The second kappa shape index (κ2) is 4.66. The van der Waals surface area contributed by atoms with E-state index in [4.69, 9.17) is 0 Å². The summed E-state index contributed by atoms with van der Waals surface area (Å²) in [5.74, 6) is 0.916. The van der Waals surface area contributed by atoms with Gasteiger partial charge in [0.25, 0.3) is 0 Å². The van der Waals surface area contributed by atoms with E-state index in [1.54, 1.807) is 6.33 Å². The Balaban J connectivity index is 2.01. The zero-order valence-corrected chi connectivity index (χ0v) is 12.3. The molecular weight excluding hydrogens is 304 g/mol. The monoisotopic (exact) mass is 316 g/mol. The molecule has 0 fully saturated rings. The van der Waals surface area contributed by atoms with Crippen LogP contribution in [0.4, 0.5) is 11.5 Å². The molecule has 5 heteroatoms. The van der Waals surface area contributed by atoms with Crippen molar-refractivity contribution >= 4 is 38.5 Å². The van der Waals surface area contributed by atoms with Crippen LogP contribution in [-0.4, -0.2) is 22.0 Å². The van der Waals surface area contributed by atoms with E-state index in [1.165, 1.54) is 5.56 Å². The van der Waals surface area contributed by atoms with Crippen LogP contribution in [0.25, 0.3) is 11.0 Å². The lowest BCUT2D eigenvalue weighted by Crippen LogP contribution is -2.11. The summed E-state index contributed by atoms with van der Waals surface area (Å²) >= 11 is 3.47. The number of fused-ring (bicyclic) bond motifs is 1. The van der Waals surface area contributed by atoms with E-state index in [0.29, 0.717) is 0 Å². The van der Waals surface area contributed by atoms with Crippen LogP contribution in [0.3, 0.4) is 0 Å². The number of hydrogen-bond acceptors (Lipinski definition) is 3. The maximum absolute atomic E-state index is 4.44. The van der Waals surface area contributed by atoms with Crippen molar-refractivity contribution in [3.63, 3.8) is 0 Å². The summed E-state index contributed by atoms with van der Waals surface area (Å²) in [4.78, 5) is 13.8. The van der Waals surface area contributed by atoms with E-state index in [2.05, 4.69) is 54.8 Å². The number of aromatic nitrogens is 3. The quantitative estimate of drug-likeness (QED) is 0.782. The zero-order valence-electron chi connectivity index (χ0n) is 10.7. The second-order valence-electron chi connectivity index (χ2n) is 4.45. The number of nitrogens with one attached hydrogen (secondary N) is 1. The standard InChI is InChI=1S/C14H13BrN4/c1-9-5-14(16-7-11(9)15)19(2)10-3-4-12-13(6-10)18-8-17-12/h3-8H,1-2H3,(H,17,18). The molecule has 0 radical (unpaired) electrons. The largest absolute Gasteiger partial charge is 0.345 e. The molecular formula is C14H13BrN4. The number of nitrogens with zero attached hydrogens (tertiary/aromatic N) is 3. The van der Waals surface area contributed by atoms with E-state index in [-0.39, 0.29) is 0 Å². The van der Waals surface area contributed by atoms with Crippen molar-refractivity contribution < 1.29 is 0 Å². The normalized spacial score (nSPS) is 10.9.